The van der Waals surface area contributed by atoms with Gasteiger partial charge in [-0.15, -0.1) is 0 Å². The molecule has 0 aromatic heterocycles. The third kappa shape index (κ3) is 11.0. The Balaban J connectivity index is 1.53. The second kappa shape index (κ2) is 18.3. The lowest BCUT2D eigenvalue weighted by molar-refractivity contribution is -0.149. The van der Waals surface area contributed by atoms with E-state index in [-0.39, 0.29) is 38.5 Å². The fourth-order valence-electron chi connectivity index (χ4n) is 4.73. The van der Waals surface area contributed by atoms with Gasteiger partial charge in [0.1, 0.15) is 37.7 Å². The van der Waals surface area contributed by atoms with Crippen molar-refractivity contribution in [3.8, 4) is 0 Å². The predicted molar refractivity (Wildman–Crippen MR) is 172 cm³/mol. The van der Waals surface area contributed by atoms with Crippen molar-refractivity contribution in [3.05, 3.63) is 83.9 Å². The molecule has 11 nitrogen and oxygen atoms in total. The minimum atomic E-state index is -1.49. The van der Waals surface area contributed by atoms with E-state index in [0.717, 1.165) is 21.9 Å². The summed E-state index contributed by atoms with van der Waals surface area (Å²) in [6, 6.07) is 20.4. The van der Waals surface area contributed by atoms with Gasteiger partial charge in [0, 0.05) is 6.54 Å². The van der Waals surface area contributed by atoms with Crippen molar-refractivity contribution in [1.82, 2.24) is 16.0 Å². The van der Waals surface area contributed by atoms with Gasteiger partial charge in [-0.2, -0.15) is 0 Å². The van der Waals surface area contributed by atoms with Crippen LogP contribution in [0.2, 0.25) is 0 Å². The molecule has 3 rings (SSSR count). The monoisotopic (exact) mass is 633 g/mol. The molecule has 0 fully saturated rings. The average Bonchev–Trinajstić information content (AvgIpc) is 3.07. The standard InChI is InChI=1S/C35H43N3O8/c1-4-23(2)29(20-39)31(40)33(42)36-18-10-15-30(34(43)45-21-25-11-6-5-7-12-25)38-32(41)24(3)37-35(44)46-22-26-16-17-27-13-8-9-14-28(27)19-26/h5-9,11-14,16-17,19-20,23-24,29-31,40H,4,10,15,18,21-22H2,1-3H3,(H,36,42)(H,37,44)(H,38,41)/t23-,24-,29-,30-,31+/m0/s1. The van der Waals surface area contributed by atoms with E-state index in [4.69, 9.17) is 9.47 Å². The summed E-state index contributed by atoms with van der Waals surface area (Å²) in [5.41, 5.74) is 1.55. The number of alkyl carbamates (subject to hydrolysis) is 1. The minimum Gasteiger partial charge on any atom is -0.459 e. The van der Waals surface area contributed by atoms with E-state index in [1.807, 2.05) is 67.6 Å². The molecular weight excluding hydrogens is 590 g/mol. The van der Waals surface area contributed by atoms with Gasteiger partial charge in [0.05, 0.1) is 5.92 Å². The number of aliphatic hydroxyl groups excluding tert-OH is 1. The van der Waals surface area contributed by atoms with E-state index in [9.17, 15) is 29.1 Å². The first kappa shape index (κ1) is 35.7. The Labute approximate surface area is 269 Å². The Morgan fingerprint density at radius 3 is 2.20 bits per heavy atom. The van der Waals surface area contributed by atoms with E-state index in [2.05, 4.69) is 16.0 Å². The van der Waals surface area contributed by atoms with Gasteiger partial charge in [-0.3, -0.25) is 9.59 Å². The zero-order valence-electron chi connectivity index (χ0n) is 26.4. The average molecular weight is 634 g/mol. The third-order valence-corrected chi connectivity index (χ3v) is 7.80. The zero-order chi connectivity index (χ0) is 33.5. The highest BCUT2D eigenvalue weighted by Crippen LogP contribution is 2.18. The minimum absolute atomic E-state index is 0.00477. The number of amides is 3. The third-order valence-electron chi connectivity index (χ3n) is 7.80. The van der Waals surface area contributed by atoms with Crippen molar-refractivity contribution < 1.29 is 38.6 Å². The summed E-state index contributed by atoms with van der Waals surface area (Å²) in [5, 5.41) is 20.1. The smallest absolute Gasteiger partial charge is 0.408 e. The Morgan fingerprint density at radius 1 is 0.826 bits per heavy atom. The van der Waals surface area contributed by atoms with Gasteiger partial charge in [-0.05, 0) is 53.6 Å². The van der Waals surface area contributed by atoms with Crippen LogP contribution in [0.3, 0.4) is 0 Å². The van der Waals surface area contributed by atoms with E-state index >= 15 is 0 Å². The van der Waals surface area contributed by atoms with Crippen molar-refractivity contribution in [2.45, 2.75) is 71.4 Å². The number of hydrogen-bond donors (Lipinski definition) is 4. The van der Waals surface area contributed by atoms with Gasteiger partial charge < -0.3 is 35.3 Å². The van der Waals surface area contributed by atoms with Crippen LogP contribution in [0, 0.1) is 11.8 Å². The van der Waals surface area contributed by atoms with E-state index in [0.29, 0.717) is 12.7 Å². The van der Waals surface area contributed by atoms with E-state index < -0.39 is 48.0 Å². The lowest BCUT2D eigenvalue weighted by Crippen LogP contribution is -2.51. The molecule has 3 aromatic carbocycles. The summed E-state index contributed by atoms with van der Waals surface area (Å²) < 4.78 is 10.7. The van der Waals surface area contributed by atoms with Gasteiger partial charge in [0.15, 0.2) is 0 Å². The first-order valence-electron chi connectivity index (χ1n) is 15.5. The van der Waals surface area contributed by atoms with Crippen molar-refractivity contribution in [2.24, 2.45) is 11.8 Å². The number of carbonyl (C=O) groups is 5. The van der Waals surface area contributed by atoms with Crippen molar-refractivity contribution >= 4 is 40.9 Å². The molecule has 0 spiro atoms. The molecule has 0 aliphatic carbocycles. The van der Waals surface area contributed by atoms with Gasteiger partial charge in [0.2, 0.25) is 11.8 Å². The lowest BCUT2D eigenvalue weighted by Gasteiger charge is -2.23. The van der Waals surface area contributed by atoms with Crippen LogP contribution in [-0.4, -0.2) is 60.0 Å². The van der Waals surface area contributed by atoms with Crippen molar-refractivity contribution in [2.75, 3.05) is 6.54 Å². The maximum absolute atomic E-state index is 13.0. The molecule has 46 heavy (non-hydrogen) atoms. The summed E-state index contributed by atoms with van der Waals surface area (Å²) in [5.74, 6) is -3.02. The number of hydrogen-bond acceptors (Lipinski definition) is 8. The molecule has 3 aromatic rings. The highest BCUT2D eigenvalue weighted by Gasteiger charge is 2.30. The zero-order valence-corrected chi connectivity index (χ0v) is 26.4. The Kier molecular flexibility index (Phi) is 14.2. The fourth-order valence-corrected chi connectivity index (χ4v) is 4.73. The molecule has 4 N–H and O–H groups in total. The maximum atomic E-state index is 13.0. The molecule has 246 valence electrons. The Bertz CT molecular complexity index is 1460. The lowest BCUT2D eigenvalue weighted by atomic mass is 9.88. The SMILES string of the molecule is CC[C@H](C)[C@H](C=O)[C@@H](O)C(=O)NCCC[C@H](NC(=O)[C@H](C)NC(=O)OCc1ccc2ccccc2c1)C(=O)OCc1ccccc1. The highest BCUT2D eigenvalue weighted by atomic mass is 16.5. The normalized spacial score (nSPS) is 14.2. The molecule has 0 unspecified atom stereocenters. The molecule has 5 atom stereocenters. The second-order valence-electron chi connectivity index (χ2n) is 11.3. The summed E-state index contributed by atoms with van der Waals surface area (Å²) in [6.45, 7) is 5.18. The van der Waals surface area contributed by atoms with Crippen LogP contribution in [0.4, 0.5) is 4.79 Å². The molecule has 11 heteroatoms. The second-order valence-corrected chi connectivity index (χ2v) is 11.3. The first-order chi connectivity index (χ1) is 22.1. The van der Waals surface area contributed by atoms with E-state index in [1.165, 1.54) is 6.92 Å². The number of nitrogens with one attached hydrogen (secondary N) is 3. The van der Waals surface area contributed by atoms with Crippen LogP contribution in [0.15, 0.2) is 72.8 Å². The largest absolute Gasteiger partial charge is 0.459 e. The number of benzene rings is 3. The summed E-state index contributed by atoms with van der Waals surface area (Å²) in [7, 11) is 0. The molecule has 0 saturated heterocycles. The van der Waals surface area contributed by atoms with E-state index in [1.54, 1.807) is 19.1 Å². The summed E-state index contributed by atoms with van der Waals surface area (Å²) >= 11 is 0. The molecule has 3 amide bonds. The number of esters is 1. The van der Waals surface area contributed by atoms with Crippen LogP contribution in [-0.2, 0) is 41.9 Å². The van der Waals surface area contributed by atoms with Crippen molar-refractivity contribution in [1.29, 1.82) is 0 Å². The molecule has 0 radical (unpaired) electrons. The predicted octanol–water partition coefficient (Wildman–Crippen LogP) is 3.80. The number of ether oxygens (including phenoxy) is 2. The van der Waals surface area contributed by atoms with Gasteiger partial charge >= 0.3 is 12.1 Å². The topological polar surface area (TPSA) is 160 Å². The van der Waals surface area contributed by atoms with Gasteiger partial charge in [0.25, 0.3) is 0 Å². The van der Waals surface area contributed by atoms with Gasteiger partial charge in [-0.25, -0.2) is 9.59 Å². The van der Waals surface area contributed by atoms with Crippen LogP contribution in [0.1, 0.15) is 51.2 Å². The number of aliphatic hydroxyl groups is 1. The van der Waals surface area contributed by atoms with Crippen LogP contribution in [0.25, 0.3) is 10.8 Å². The molecule has 0 heterocycles. The Hall–Kier alpha value is -4.77. The first-order valence-corrected chi connectivity index (χ1v) is 15.5. The quantitative estimate of drug-likeness (QED) is 0.0992. The van der Waals surface area contributed by atoms with Crippen LogP contribution in [0.5, 0.6) is 0 Å². The molecule has 0 aliphatic rings. The van der Waals surface area contributed by atoms with Gasteiger partial charge in [-0.1, -0.05) is 87.0 Å². The highest BCUT2D eigenvalue weighted by molar-refractivity contribution is 5.89. The Morgan fingerprint density at radius 2 is 1.50 bits per heavy atom. The number of aldehydes is 1. The number of fused-ring (bicyclic) bond motifs is 1. The van der Waals surface area contributed by atoms with Crippen LogP contribution < -0.4 is 16.0 Å². The summed E-state index contributed by atoms with van der Waals surface area (Å²) in [4.78, 5) is 62.3. The molecule has 0 saturated carbocycles. The van der Waals surface area contributed by atoms with Crippen molar-refractivity contribution in [3.63, 3.8) is 0 Å². The molecule has 0 aliphatic heterocycles. The van der Waals surface area contributed by atoms with Crippen LogP contribution >= 0.6 is 0 Å². The maximum Gasteiger partial charge on any atom is 0.408 e. The molecule has 0 bridgehead atoms. The fraction of sp³-hybridized carbons (Fsp3) is 0.400. The molecular formula is C35H43N3O8. The number of rotatable bonds is 17. The summed E-state index contributed by atoms with van der Waals surface area (Å²) in [6.07, 6.45) is -0.749. The number of carbonyl (C=O) groups excluding carboxylic acids is 5.